The summed E-state index contributed by atoms with van der Waals surface area (Å²) in [7, 11) is 0. The Hall–Kier alpha value is -1.32. The van der Waals surface area contributed by atoms with Gasteiger partial charge in [-0.2, -0.15) is 0 Å². The molecule has 2 heterocycles. The SMILES string of the molecule is Cc1[nH]c2ccc(Cl)cc2c(=O)c1C[NH+]1CCCC1. The summed E-state index contributed by atoms with van der Waals surface area (Å²) in [6.45, 7) is 5.16. The lowest BCUT2D eigenvalue weighted by atomic mass is 10.1. The summed E-state index contributed by atoms with van der Waals surface area (Å²) in [5, 5.41) is 1.31. The van der Waals surface area contributed by atoms with Gasteiger partial charge in [-0.05, 0) is 25.1 Å². The molecule has 0 spiro atoms. The zero-order valence-electron chi connectivity index (χ0n) is 11.1. The van der Waals surface area contributed by atoms with E-state index in [0.29, 0.717) is 10.4 Å². The molecule has 3 rings (SSSR count). The lowest BCUT2D eigenvalue weighted by Gasteiger charge is -2.14. The van der Waals surface area contributed by atoms with Crippen molar-refractivity contribution in [2.45, 2.75) is 26.3 Å². The monoisotopic (exact) mass is 277 g/mol. The molecule has 3 nitrogen and oxygen atoms in total. The Morgan fingerprint density at radius 3 is 2.79 bits per heavy atom. The molecule has 1 fully saturated rings. The van der Waals surface area contributed by atoms with Gasteiger partial charge in [0.1, 0.15) is 6.54 Å². The van der Waals surface area contributed by atoms with Crippen LogP contribution in [0.4, 0.5) is 0 Å². The number of aromatic amines is 1. The van der Waals surface area contributed by atoms with Crippen molar-refractivity contribution in [3.63, 3.8) is 0 Å². The van der Waals surface area contributed by atoms with E-state index in [4.69, 9.17) is 11.6 Å². The number of likely N-dealkylation sites (tertiary alicyclic amines) is 1. The molecule has 0 unspecified atom stereocenters. The van der Waals surface area contributed by atoms with Gasteiger partial charge in [0.2, 0.25) is 0 Å². The van der Waals surface area contributed by atoms with E-state index in [1.165, 1.54) is 30.8 Å². The minimum Gasteiger partial charge on any atom is -0.358 e. The van der Waals surface area contributed by atoms with Gasteiger partial charge in [-0.25, -0.2) is 0 Å². The summed E-state index contributed by atoms with van der Waals surface area (Å²) >= 11 is 6.00. The largest absolute Gasteiger partial charge is 0.358 e. The van der Waals surface area contributed by atoms with Crippen LogP contribution in [0.25, 0.3) is 10.9 Å². The van der Waals surface area contributed by atoms with Crippen LogP contribution in [0.2, 0.25) is 5.02 Å². The van der Waals surface area contributed by atoms with Crippen molar-refractivity contribution in [2.75, 3.05) is 13.1 Å². The van der Waals surface area contributed by atoms with Crippen LogP contribution in [0.1, 0.15) is 24.1 Å². The number of quaternary nitrogens is 1. The topological polar surface area (TPSA) is 37.3 Å². The maximum Gasteiger partial charge on any atom is 0.198 e. The van der Waals surface area contributed by atoms with Crippen LogP contribution in [0.15, 0.2) is 23.0 Å². The predicted molar refractivity (Wildman–Crippen MR) is 78.0 cm³/mol. The summed E-state index contributed by atoms with van der Waals surface area (Å²) in [6.07, 6.45) is 2.54. The highest BCUT2D eigenvalue weighted by molar-refractivity contribution is 6.31. The van der Waals surface area contributed by atoms with E-state index in [-0.39, 0.29) is 5.43 Å². The zero-order valence-corrected chi connectivity index (χ0v) is 11.8. The number of benzene rings is 1. The predicted octanol–water partition coefficient (Wildman–Crippen LogP) is 1.67. The third-order valence-corrected chi connectivity index (χ3v) is 4.25. The Kier molecular flexibility index (Phi) is 3.33. The van der Waals surface area contributed by atoms with E-state index in [0.717, 1.165) is 23.3 Å². The highest BCUT2D eigenvalue weighted by atomic mass is 35.5. The smallest absolute Gasteiger partial charge is 0.198 e. The molecule has 0 radical (unpaired) electrons. The second-order valence-corrected chi connectivity index (χ2v) is 5.82. The standard InChI is InChI=1S/C15H17ClN2O/c1-10-13(9-18-6-2-3-7-18)15(19)12-8-11(16)4-5-14(12)17-10/h4-5,8H,2-3,6-7,9H2,1H3,(H,17,19)/p+1. The van der Waals surface area contributed by atoms with Gasteiger partial charge in [0, 0.05) is 34.5 Å². The average Bonchev–Trinajstić information content (AvgIpc) is 2.89. The molecule has 0 aliphatic carbocycles. The lowest BCUT2D eigenvalue weighted by molar-refractivity contribution is -0.901. The Bertz CT molecular complexity index is 672. The van der Waals surface area contributed by atoms with Crippen LogP contribution in [-0.4, -0.2) is 18.1 Å². The van der Waals surface area contributed by atoms with Gasteiger partial charge in [-0.15, -0.1) is 0 Å². The third kappa shape index (κ3) is 2.40. The van der Waals surface area contributed by atoms with E-state index in [1.807, 2.05) is 19.1 Å². The van der Waals surface area contributed by atoms with Crippen LogP contribution >= 0.6 is 11.6 Å². The summed E-state index contributed by atoms with van der Waals surface area (Å²) in [5.41, 5.74) is 2.89. The Balaban J connectivity index is 2.10. The Labute approximate surface area is 117 Å². The minimum absolute atomic E-state index is 0.133. The Morgan fingerprint density at radius 2 is 2.05 bits per heavy atom. The number of fused-ring (bicyclic) bond motifs is 1. The number of hydrogen-bond donors (Lipinski definition) is 2. The molecule has 4 heteroatoms. The summed E-state index contributed by atoms with van der Waals surface area (Å²) in [6, 6.07) is 5.45. The van der Waals surface area contributed by atoms with Gasteiger partial charge in [0.25, 0.3) is 0 Å². The second-order valence-electron chi connectivity index (χ2n) is 5.38. The first-order valence-electron chi connectivity index (χ1n) is 6.80. The number of aromatic nitrogens is 1. The number of hydrogen-bond acceptors (Lipinski definition) is 1. The van der Waals surface area contributed by atoms with Crippen LogP contribution < -0.4 is 10.3 Å². The molecule has 2 N–H and O–H groups in total. The van der Waals surface area contributed by atoms with Crippen LogP contribution in [-0.2, 0) is 6.54 Å². The molecule has 0 bridgehead atoms. The van der Waals surface area contributed by atoms with Gasteiger partial charge < -0.3 is 9.88 Å². The first-order chi connectivity index (χ1) is 9.15. The molecule has 1 aromatic heterocycles. The zero-order chi connectivity index (χ0) is 13.4. The average molecular weight is 278 g/mol. The first kappa shape index (κ1) is 12.7. The van der Waals surface area contributed by atoms with E-state index in [2.05, 4.69) is 4.98 Å². The van der Waals surface area contributed by atoms with E-state index >= 15 is 0 Å². The van der Waals surface area contributed by atoms with Crippen LogP contribution in [0, 0.1) is 6.92 Å². The number of aryl methyl sites for hydroxylation is 1. The molecule has 0 amide bonds. The normalized spacial score (nSPS) is 16.3. The van der Waals surface area contributed by atoms with Gasteiger partial charge in [-0.3, -0.25) is 4.79 Å². The fourth-order valence-corrected chi connectivity index (χ4v) is 3.11. The maximum absolute atomic E-state index is 12.6. The van der Waals surface area contributed by atoms with Crippen molar-refractivity contribution in [3.8, 4) is 0 Å². The minimum atomic E-state index is 0.133. The first-order valence-corrected chi connectivity index (χ1v) is 7.17. The molecule has 19 heavy (non-hydrogen) atoms. The quantitative estimate of drug-likeness (QED) is 0.861. The fraction of sp³-hybridized carbons (Fsp3) is 0.400. The molecule has 1 aliphatic heterocycles. The van der Waals surface area contributed by atoms with E-state index in [1.54, 1.807) is 6.07 Å². The van der Waals surface area contributed by atoms with Gasteiger partial charge in [-0.1, -0.05) is 11.6 Å². The molecular formula is C15H18ClN2O+. The number of rotatable bonds is 2. The van der Waals surface area contributed by atoms with Gasteiger partial charge in [0.15, 0.2) is 5.43 Å². The molecule has 1 aromatic carbocycles. The van der Waals surface area contributed by atoms with Crippen molar-refractivity contribution in [3.05, 3.63) is 44.7 Å². The second kappa shape index (κ2) is 4.99. The molecule has 0 saturated carbocycles. The van der Waals surface area contributed by atoms with Crippen molar-refractivity contribution < 1.29 is 4.90 Å². The highest BCUT2D eigenvalue weighted by Crippen LogP contribution is 2.16. The Morgan fingerprint density at radius 1 is 1.32 bits per heavy atom. The molecule has 1 aliphatic rings. The van der Waals surface area contributed by atoms with E-state index < -0.39 is 0 Å². The van der Waals surface area contributed by atoms with Crippen LogP contribution in [0.5, 0.6) is 0 Å². The van der Waals surface area contributed by atoms with Crippen molar-refractivity contribution in [2.24, 2.45) is 0 Å². The molecule has 2 aromatic rings. The summed E-state index contributed by atoms with van der Waals surface area (Å²) in [5.74, 6) is 0. The molecule has 0 atom stereocenters. The van der Waals surface area contributed by atoms with Gasteiger partial charge in [0.05, 0.1) is 18.7 Å². The number of nitrogens with one attached hydrogen (secondary N) is 2. The van der Waals surface area contributed by atoms with Gasteiger partial charge >= 0.3 is 0 Å². The molecule has 100 valence electrons. The summed E-state index contributed by atoms with van der Waals surface area (Å²) < 4.78 is 0. The molecule has 1 saturated heterocycles. The fourth-order valence-electron chi connectivity index (χ4n) is 2.94. The molecular weight excluding hydrogens is 260 g/mol. The van der Waals surface area contributed by atoms with Crippen LogP contribution in [0.3, 0.4) is 0 Å². The van der Waals surface area contributed by atoms with E-state index in [9.17, 15) is 4.79 Å². The third-order valence-electron chi connectivity index (χ3n) is 4.01. The highest BCUT2D eigenvalue weighted by Gasteiger charge is 2.19. The maximum atomic E-state index is 12.6. The van der Waals surface area contributed by atoms with Crippen molar-refractivity contribution in [1.29, 1.82) is 0 Å². The number of halogens is 1. The van der Waals surface area contributed by atoms with Crippen molar-refractivity contribution in [1.82, 2.24) is 4.98 Å². The van der Waals surface area contributed by atoms with Crippen molar-refractivity contribution >= 4 is 22.5 Å². The number of pyridine rings is 1. The lowest BCUT2D eigenvalue weighted by Crippen LogP contribution is -3.08. The summed E-state index contributed by atoms with van der Waals surface area (Å²) in [4.78, 5) is 17.4. The number of H-pyrrole nitrogens is 1.